The molecule has 1 N–H and O–H groups in total. The van der Waals surface area contributed by atoms with Crippen LogP contribution in [0.5, 0.6) is 0 Å². The van der Waals surface area contributed by atoms with E-state index in [1.807, 2.05) is 0 Å². The molecule has 0 aliphatic carbocycles. The SMILES string of the molecule is CCc1cccc2c3c([nH]c12)[C@](CC)([C@H]1CO1)OCC3. The lowest BCUT2D eigenvalue weighted by Crippen LogP contribution is -2.40. The molecule has 2 aromatic rings. The lowest BCUT2D eigenvalue weighted by Gasteiger charge is -2.35. The van der Waals surface area contributed by atoms with Crippen LogP contribution in [0.15, 0.2) is 18.2 Å². The van der Waals surface area contributed by atoms with Crippen LogP contribution in [0.2, 0.25) is 0 Å². The molecule has 0 saturated carbocycles. The van der Waals surface area contributed by atoms with Gasteiger partial charge in [-0.2, -0.15) is 0 Å². The summed E-state index contributed by atoms with van der Waals surface area (Å²) in [5, 5.41) is 1.38. The molecule has 2 aliphatic heterocycles. The number of rotatable bonds is 3. The van der Waals surface area contributed by atoms with Gasteiger partial charge in [0.2, 0.25) is 0 Å². The van der Waals surface area contributed by atoms with Gasteiger partial charge in [-0.05, 0) is 30.4 Å². The summed E-state index contributed by atoms with van der Waals surface area (Å²) < 4.78 is 11.8. The van der Waals surface area contributed by atoms with Gasteiger partial charge in [0.05, 0.1) is 18.9 Å². The highest BCUT2D eigenvalue weighted by atomic mass is 16.6. The minimum atomic E-state index is -0.252. The maximum atomic E-state index is 6.21. The average molecular weight is 271 g/mol. The van der Waals surface area contributed by atoms with Crippen molar-refractivity contribution >= 4 is 10.9 Å². The Labute approximate surface area is 119 Å². The number of aryl methyl sites for hydroxylation is 1. The van der Waals surface area contributed by atoms with Crippen molar-refractivity contribution in [2.24, 2.45) is 0 Å². The van der Waals surface area contributed by atoms with Gasteiger partial charge in [0.15, 0.2) is 0 Å². The van der Waals surface area contributed by atoms with Crippen molar-refractivity contribution in [2.75, 3.05) is 13.2 Å². The molecule has 3 heterocycles. The first-order valence-corrected chi connectivity index (χ1v) is 7.68. The van der Waals surface area contributed by atoms with E-state index in [2.05, 4.69) is 37.0 Å². The van der Waals surface area contributed by atoms with E-state index in [4.69, 9.17) is 9.47 Å². The Morgan fingerprint density at radius 3 is 2.90 bits per heavy atom. The highest BCUT2D eigenvalue weighted by Crippen LogP contribution is 2.46. The maximum absolute atomic E-state index is 6.21. The average Bonchev–Trinajstić information content (AvgIpc) is 3.27. The molecule has 0 unspecified atom stereocenters. The summed E-state index contributed by atoms with van der Waals surface area (Å²) in [5.74, 6) is 0. The first kappa shape index (κ1) is 12.4. The van der Waals surface area contributed by atoms with Gasteiger partial charge in [0, 0.05) is 10.9 Å². The summed E-state index contributed by atoms with van der Waals surface area (Å²) in [6.45, 7) is 6.03. The second-order valence-electron chi connectivity index (χ2n) is 5.84. The van der Waals surface area contributed by atoms with E-state index in [1.54, 1.807) is 0 Å². The molecule has 0 spiro atoms. The van der Waals surface area contributed by atoms with Crippen LogP contribution < -0.4 is 0 Å². The molecular formula is C17H21NO2. The highest BCUT2D eigenvalue weighted by molar-refractivity contribution is 5.88. The van der Waals surface area contributed by atoms with Gasteiger partial charge < -0.3 is 14.5 Å². The Balaban J connectivity index is 1.98. The molecular weight excluding hydrogens is 250 g/mol. The number of hydrogen-bond acceptors (Lipinski definition) is 2. The zero-order valence-electron chi connectivity index (χ0n) is 12.2. The number of fused-ring (bicyclic) bond motifs is 3. The van der Waals surface area contributed by atoms with Crippen LogP contribution >= 0.6 is 0 Å². The molecule has 2 aliphatic rings. The summed E-state index contributed by atoms with van der Waals surface area (Å²) in [6.07, 6.45) is 3.23. The molecule has 4 rings (SSSR count). The Hall–Kier alpha value is -1.32. The minimum absolute atomic E-state index is 0.227. The predicted octanol–water partition coefficient (Wildman–Crippen LogP) is 3.31. The van der Waals surface area contributed by atoms with E-state index in [-0.39, 0.29) is 11.7 Å². The molecule has 3 heteroatoms. The third-order valence-electron chi connectivity index (χ3n) is 4.92. The maximum Gasteiger partial charge on any atom is 0.136 e. The quantitative estimate of drug-likeness (QED) is 0.870. The fourth-order valence-corrected chi connectivity index (χ4v) is 3.74. The number of ether oxygens (including phenoxy) is 2. The molecule has 106 valence electrons. The molecule has 20 heavy (non-hydrogen) atoms. The molecule has 1 fully saturated rings. The summed E-state index contributed by atoms with van der Waals surface area (Å²) in [7, 11) is 0. The largest absolute Gasteiger partial charge is 0.370 e. The zero-order chi connectivity index (χ0) is 13.7. The Morgan fingerprint density at radius 1 is 1.35 bits per heavy atom. The van der Waals surface area contributed by atoms with Crippen molar-refractivity contribution in [1.82, 2.24) is 4.98 Å². The summed E-state index contributed by atoms with van der Waals surface area (Å²) in [5.41, 5.74) is 5.14. The fraction of sp³-hybridized carbons (Fsp3) is 0.529. The van der Waals surface area contributed by atoms with Crippen LogP contribution in [-0.4, -0.2) is 24.3 Å². The van der Waals surface area contributed by atoms with Gasteiger partial charge in [0.25, 0.3) is 0 Å². The second-order valence-corrected chi connectivity index (χ2v) is 5.84. The third-order valence-corrected chi connectivity index (χ3v) is 4.92. The Kier molecular flexibility index (Phi) is 2.69. The van der Waals surface area contributed by atoms with Crippen molar-refractivity contribution < 1.29 is 9.47 Å². The smallest absolute Gasteiger partial charge is 0.136 e. The Morgan fingerprint density at radius 2 is 2.20 bits per heavy atom. The number of aromatic amines is 1. The van der Waals surface area contributed by atoms with Crippen molar-refractivity contribution in [3.8, 4) is 0 Å². The third kappa shape index (κ3) is 1.54. The first-order chi connectivity index (χ1) is 9.80. The number of nitrogens with one attached hydrogen (secondary N) is 1. The number of H-pyrrole nitrogens is 1. The number of hydrogen-bond donors (Lipinski definition) is 1. The topological polar surface area (TPSA) is 37.5 Å². The standard InChI is InChI=1S/C17H21NO2/c1-3-11-6-5-7-12-13-8-9-20-17(4-2,14-10-19-14)16(13)18-15(11)12/h5-7,14,18H,3-4,8-10H2,1-2H3/t14-,17+/m1/s1. The summed E-state index contributed by atoms with van der Waals surface area (Å²) in [6, 6.07) is 6.63. The fourth-order valence-electron chi connectivity index (χ4n) is 3.74. The van der Waals surface area contributed by atoms with Gasteiger partial charge in [-0.3, -0.25) is 0 Å². The minimum Gasteiger partial charge on any atom is -0.370 e. The molecule has 1 aromatic heterocycles. The van der Waals surface area contributed by atoms with Gasteiger partial charge >= 0.3 is 0 Å². The van der Waals surface area contributed by atoms with Crippen LogP contribution in [0, 0.1) is 0 Å². The van der Waals surface area contributed by atoms with Gasteiger partial charge in [-0.1, -0.05) is 32.0 Å². The first-order valence-electron chi connectivity index (χ1n) is 7.68. The van der Waals surface area contributed by atoms with Gasteiger partial charge in [-0.15, -0.1) is 0 Å². The normalized spacial score (nSPS) is 28.6. The van der Waals surface area contributed by atoms with Crippen LogP contribution in [-0.2, 0) is 27.9 Å². The number of benzene rings is 1. The number of epoxide rings is 1. The Bertz CT molecular complexity index is 656. The molecule has 2 atom stereocenters. The van der Waals surface area contributed by atoms with Crippen molar-refractivity contribution in [3.63, 3.8) is 0 Å². The monoisotopic (exact) mass is 271 g/mol. The van der Waals surface area contributed by atoms with Crippen molar-refractivity contribution in [3.05, 3.63) is 35.0 Å². The predicted molar refractivity (Wildman–Crippen MR) is 79.0 cm³/mol. The molecule has 0 bridgehead atoms. The molecule has 3 nitrogen and oxygen atoms in total. The van der Waals surface area contributed by atoms with E-state index in [0.717, 1.165) is 32.5 Å². The summed E-state index contributed by atoms with van der Waals surface area (Å²) >= 11 is 0. The van der Waals surface area contributed by atoms with Gasteiger partial charge in [-0.25, -0.2) is 0 Å². The molecule has 0 radical (unpaired) electrons. The van der Waals surface area contributed by atoms with Crippen LogP contribution in [0.25, 0.3) is 10.9 Å². The zero-order valence-corrected chi connectivity index (χ0v) is 12.2. The van der Waals surface area contributed by atoms with E-state index in [1.165, 1.54) is 27.7 Å². The van der Waals surface area contributed by atoms with E-state index in [9.17, 15) is 0 Å². The lowest BCUT2D eigenvalue weighted by atomic mass is 9.86. The van der Waals surface area contributed by atoms with E-state index >= 15 is 0 Å². The van der Waals surface area contributed by atoms with Crippen molar-refractivity contribution in [2.45, 2.75) is 44.8 Å². The van der Waals surface area contributed by atoms with Gasteiger partial charge in [0.1, 0.15) is 11.7 Å². The van der Waals surface area contributed by atoms with Crippen molar-refractivity contribution in [1.29, 1.82) is 0 Å². The van der Waals surface area contributed by atoms with Crippen LogP contribution in [0.1, 0.15) is 37.1 Å². The number of para-hydroxylation sites is 1. The number of aromatic nitrogens is 1. The second kappa shape index (κ2) is 4.34. The molecule has 0 amide bonds. The highest BCUT2D eigenvalue weighted by Gasteiger charge is 2.51. The van der Waals surface area contributed by atoms with Crippen LogP contribution in [0.4, 0.5) is 0 Å². The lowest BCUT2D eigenvalue weighted by molar-refractivity contribution is -0.0835. The molecule has 1 aromatic carbocycles. The molecule has 1 saturated heterocycles. The summed E-state index contributed by atoms with van der Waals surface area (Å²) in [4.78, 5) is 3.69. The van der Waals surface area contributed by atoms with Crippen LogP contribution in [0.3, 0.4) is 0 Å². The van der Waals surface area contributed by atoms with E-state index in [0.29, 0.717) is 0 Å². The van der Waals surface area contributed by atoms with E-state index < -0.39 is 0 Å².